The highest BCUT2D eigenvalue weighted by atomic mass is 35.5. The molecule has 1 saturated heterocycles. The van der Waals surface area contributed by atoms with Gasteiger partial charge >= 0.3 is 0 Å². The van der Waals surface area contributed by atoms with Gasteiger partial charge in [0.2, 0.25) is 10.0 Å². The maximum absolute atomic E-state index is 12.1. The first-order chi connectivity index (χ1) is 12.5. The van der Waals surface area contributed by atoms with Crippen molar-refractivity contribution < 1.29 is 8.42 Å². The van der Waals surface area contributed by atoms with Crippen molar-refractivity contribution in [3.63, 3.8) is 0 Å². The minimum absolute atomic E-state index is 0.0994. The van der Waals surface area contributed by atoms with Gasteiger partial charge in [0.05, 0.1) is 17.6 Å². The Kier molecular flexibility index (Phi) is 6.29. The molecule has 0 atom stereocenters. The Morgan fingerprint density at radius 1 is 1.15 bits per heavy atom. The van der Waals surface area contributed by atoms with E-state index in [0.717, 1.165) is 18.8 Å². The molecule has 1 aromatic heterocycles. The summed E-state index contributed by atoms with van der Waals surface area (Å²) in [4.78, 5) is 2.27. The summed E-state index contributed by atoms with van der Waals surface area (Å²) in [6, 6.07) is 8.78. The van der Waals surface area contributed by atoms with Crippen molar-refractivity contribution in [3.8, 4) is 0 Å². The lowest BCUT2D eigenvalue weighted by molar-refractivity contribution is 0.582. The maximum Gasteiger partial charge on any atom is 0.215 e. The second kappa shape index (κ2) is 8.66. The van der Waals surface area contributed by atoms with Crippen LogP contribution in [0.2, 0.25) is 5.02 Å². The predicted molar refractivity (Wildman–Crippen MR) is 104 cm³/mol. The molecule has 3 rings (SSSR count). The topological polar surface area (TPSA) is 87.2 Å². The molecule has 0 spiro atoms. The number of halogens is 1. The van der Waals surface area contributed by atoms with E-state index < -0.39 is 10.0 Å². The fourth-order valence-corrected chi connectivity index (χ4v) is 4.23. The Balaban J connectivity index is 1.46. The summed E-state index contributed by atoms with van der Waals surface area (Å²) in [5.74, 6) is 0.543. The van der Waals surface area contributed by atoms with Crippen LogP contribution in [0.1, 0.15) is 18.4 Å². The van der Waals surface area contributed by atoms with Crippen molar-refractivity contribution in [1.82, 2.24) is 14.9 Å². The molecule has 0 unspecified atom stereocenters. The van der Waals surface area contributed by atoms with Crippen molar-refractivity contribution in [2.45, 2.75) is 18.6 Å². The van der Waals surface area contributed by atoms with Crippen LogP contribution in [0.3, 0.4) is 0 Å². The van der Waals surface area contributed by atoms with Crippen LogP contribution in [0.15, 0.2) is 36.5 Å². The molecule has 2 N–H and O–H groups in total. The third-order valence-electron chi connectivity index (χ3n) is 4.11. The average Bonchev–Trinajstić information content (AvgIpc) is 3.13. The third kappa shape index (κ3) is 5.55. The van der Waals surface area contributed by atoms with Crippen LogP contribution in [0, 0.1) is 0 Å². The fourth-order valence-electron chi connectivity index (χ4n) is 2.89. The van der Waals surface area contributed by atoms with E-state index in [1.165, 1.54) is 12.8 Å². The molecule has 0 radical (unpaired) electrons. The van der Waals surface area contributed by atoms with Gasteiger partial charge in [-0.05, 0) is 30.5 Å². The van der Waals surface area contributed by atoms with Crippen molar-refractivity contribution >= 4 is 33.1 Å². The Morgan fingerprint density at radius 3 is 2.73 bits per heavy atom. The lowest BCUT2D eigenvalue weighted by Gasteiger charge is -2.17. The zero-order valence-corrected chi connectivity index (χ0v) is 15.9. The second-order valence-electron chi connectivity index (χ2n) is 6.20. The number of rotatable bonds is 8. The molecular formula is C17H22ClN5O2S. The first-order valence-corrected chi connectivity index (χ1v) is 10.6. The van der Waals surface area contributed by atoms with E-state index in [-0.39, 0.29) is 12.3 Å². The number of benzene rings is 1. The largest absolute Gasteiger partial charge is 0.370 e. The Hall–Kier alpha value is -1.90. The van der Waals surface area contributed by atoms with Gasteiger partial charge in [0, 0.05) is 37.3 Å². The van der Waals surface area contributed by atoms with Gasteiger partial charge in [-0.1, -0.05) is 23.7 Å². The number of nitrogens with zero attached hydrogens (tertiary/aromatic N) is 3. The summed E-state index contributed by atoms with van der Waals surface area (Å²) < 4.78 is 26.8. The van der Waals surface area contributed by atoms with Crippen molar-refractivity contribution in [2.24, 2.45) is 0 Å². The Labute approximate surface area is 158 Å². The normalized spacial score (nSPS) is 14.6. The molecule has 1 aromatic carbocycles. The number of aromatic nitrogens is 2. The summed E-state index contributed by atoms with van der Waals surface area (Å²) in [7, 11) is -3.42. The molecule has 1 fully saturated rings. The van der Waals surface area contributed by atoms with Gasteiger partial charge in [-0.15, -0.1) is 5.10 Å². The van der Waals surface area contributed by atoms with Crippen LogP contribution in [0.5, 0.6) is 0 Å². The molecule has 2 aromatic rings. The van der Waals surface area contributed by atoms with Gasteiger partial charge in [0.15, 0.2) is 5.82 Å². The average molecular weight is 396 g/mol. The van der Waals surface area contributed by atoms with Crippen LogP contribution in [0.25, 0.3) is 0 Å². The Bertz CT molecular complexity index is 841. The minimum atomic E-state index is -3.42. The molecule has 2 heterocycles. The van der Waals surface area contributed by atoms with Crippen LogP contribution in [-0.4, -0.2) is 44.8 Å². The van der Waals surface area contributed by atoms with E-state index >= 15 is 0 Å². The summed E-state index contributed by atoms with van der Waals surface area (Å²) in [5, 5.41) is 11.7. The van der Waals surface area contributed by atoms with Crippen molar-refractivity contribution in [1.29, 1.82) is 0 Å². The number of nitrogens with one attached hydrogen (secondary N) is 2. The molecule has 9 heteroatoms. The van der Waals surface area contributed by atoms with Gasteiger partial charge in [0.1, 0.15) is 0 Å². The van der Waals surface area contributed by atoms with Crippen LogP contribution < -0.4 is 14.9 Å². The van der Waals surface area contributed by atoms with Crippen LogP contribution in [-0.2, 0) is 15.8 Å². The van der Waals surface area contributed by atoms with Crippen LogP contribution in [0.4, 0.5) is 11.5 Å². The molecule has 1 aliphatic rings. The summed E-state index contributed by atoms with van der Waals surface area (Å²) in [5.41, 5.74) is 1.70. The maximum atomic E-state index is 12.1. The van der Waals surface area contributed by atoms with Crippen molar-refractivity contribution in [2.75, 3.05) is 36.4 Å². The number of hydrogen-bond donors (Lipinski definition) is 2. The zero-order valence-electron chi connectivity index (χ0n) is 14.4. The SMILES string of the molecule is O=S(=O)(Cc1cccc(Cl)c1)NCCNc1cc(N2CCCC2)cnn1. The second-order valence-corrected chi connectivity index (χ2v) is 8.45. The van der Waals surface area contributed by atoms with E-state index in [4.69, 9.17) is 11.6 Å². The molecule has 1 aliphatic heterocycles. The molecule has 26 heavy (non-hydrogen) atoms. The molecule has 140 valence electrons. The molecule has 0 amide bonds. The van der Waals surface area contributed by atoms with E-state index in [2.05, 4.69) is 25.1 Å². The summed E-state index contributed by atoms with van der Waals surface area (Å²) >= 11 is 5.89. The van der Waals surface area contributed by atoms with Gasteiger partial charge in [-0.2, -0.15) is 5.10 Å². The van der Waals surface area contributed by atoms with Crippen molar-refractivity contribution in [3.05, 3.63) is 47.1 Å². The van der Waals surface area contributed by atoms with Crippen LogP contribution >= 0.6 is 11.6 Å². The lowest BCUT2D eigenvalue weighted by Crippen LogP contribution is -2.30. The molecule has 0 bridgehead atoms. The van der Waals surface area contributed by atoms with E-state index in [1.807, 2.05) is 6.07 Å². The Morgan fingerprint density at radius 2 is 1.96 bits per heavy atom. The van der Waals surface area contributed by atoms with Gasteiger partial charge < -0.3 is 10.2 Å². The predicted octanol–water partition coefficient (Wildman–Crippen LogP) is 2.26. The minimum Gasteiger partial charge on any atom is -0.370 e. The van der Waals surface area contributed by atoms with Gasteiger partial charge in [0.25, 0.3) is 0 Å². The lowest BCUT2D eigenvalue weighted by atomic mass is 10.2. The molecule has 0 saturated carbocycles. The monoisotopic (exact) mass is 395 g/mol. The van der Waals surface area contributed by atoms with E-state index in [9.17, 15) is 8.42 Å². The molecular weight excluding hydrogens is 374 g/mol. The third-order valence-corrected chi connectivity index (χ3v) is 5.70. The first-order valence-electron chi connectivity index (χ1n) is 8.55. The number of sulfonamides is 1. The number of anilines is 2. The number of hydrogen-bond acceptors (Lipinski definition) is 6. The highest BCUT2D eigenvalue weighted by molar-refractivity contribution is 7.88. The summed E-state index contributed by atoms with van der Waals surface area (Å²) in [6.07, 6.45) is 4.14. The highest BCUT2D eigenvalue weighted by Gasteiger charge is 2.14. The molecule has 0 aliphatic carbocycles. The standard InChI is InChI=1S/C17H22ClN5O2S/c18-15-5-3-4-14(10-15)13-26(24,25)21-7-6-19-17-11-16(12-20-22-17)23-8-1-2-9-23/h3-5,10-12,21H,1-2,6-9,13H2,(H,19,22). The highest BCUT2D eigenvalue weighted by Crippen LogP contribution is 2.20. The van der Waals surface area contributed by atoms with E-state index in [0.29, 0.717) is 22.9 Å². The fraction of sp³-hybridized carbons (Fsp3) is 0.412. The van der Waals surface area contributed by atoms with E-state index in [1.54, 1.807) is 30.5 Å². The van der Waals surface area contributed by atoms with Gasteiger partial charge in [-0.25, -0.2) is 13.1 Å². The quantitative estimate of drug-likeness (QED) is 0.666. The first kappa shape index (κ1) is 18.9. The zero-order chi connectivity index (χ0) is 18.4. The van der Waals surface area contributed by atoms with Gasteiger partial charge in [-0.3, -0.25) is 0 Å². The smallest absolute Gasteiger partial charge is 0.215 e. The summed E-state index contributed by atoms with van der Waals surface area (Å²) in [6.45, 7) is 2.76. The molecule has 7 nitrogen and oxygen atoms in total.